The second-order valence-corrected chi connectivity index (χ2v) is 6.78. The summed E-state index contributed by atoms with van der Waals surface area (Å²) in [4.78, 5) is 25.6. The molecule has 0 bridgehead atoms. The summed E-state index contributed by atoms with van der Waals surface area (Å²) in [5.74, 6) is 0.648. The molecule has 2 amide bonds. The van der Waals surface area contributed by atoms with Gasteiger partial charge >= 0.3 is 0 Å². The van der Waals surface area contributed by atoms with Crippen LogP contribution in [0.2, 0.25) is 5.02 Å². The summed E-state index contributed by atoms with van der Waals surface area (Å²) in [6.45, 7) is 0. The van der Waals surface area contributed by atoms with Gasteiger partial charge in [0.05, 0.1) is 37.6 Å². The van der Waals surface area contributed by atoms with Gasteiger partial charge in [0.15, 0.2) is 11.5 Å². The van der Waals surface area contributed by atoms with Crippen molar-refractivity contribution < 1.29 is 23.8 Å². The Labute approximate surface area is 184 Å². The molecule has 3 rings (SSSR count). The average molecular weight is 441 g/mol. The van der Waals surface area contributed by atoms with Crippen molar-refractivity contribution >= 4 is 34.8 Å². The molecule has 0 aliphatic heterocycles. The zero-order valence-corrected chi connectivity index (χ0v) is 17.9. The van der Waals surface area contributed by atoms with E-state index in [1.807, 2.05) is 0 Å². The van der Waals surface area contributed by atoms with Crippen LogP contribution in [0.15, 0.2) is 60.7 Å². The van der Waals surface area contributed by atoms with Crippen LogP contribution in [0.4, 0.5) is 11.4 Å². The number of ether oxygens (including phenoxy) is 3. The highest BCUT2D eigenvalue weighted by Gasteiger charge is 2.16. The molecule has 0 atom stereocenters. The van der Waals surface area contributed by atoms with Crippen molar-refractivity contribution in [2.24, 2.45) is 0 Å². The molecule has 8 heteroatoms. The maximum Gasteiger partial charge on any atom is 0.257 e. The number of benzene rings is 3. The number of halogens is 1. The highest BCUT2D eigenvalue weighted by Crippen LogP contribution is 2.29. The molecule has 0 heterocycles. The molecular weight excluding hydrogens is 420 g/mol. The molecule has 160 valence electrons. The van der Waals surface area contributed by atoms with Crippen molar-refractivity contribution in [3.05, 3.63) is 76.8 Å². The Morgan fingerprint density at radius 3 is 2.10 bits per heavy atom. The highest BCUT2D eigenvalue weighted by atomic mass is 35.5. The third-order valence-corrected chi connectivity index (χ3v) is 4.77. The van der Waals surface area contributed by atoms with Gasteiger partial charge in [-0.25, -0.2) is 0 Å². The van der Waals surface area contributed by atoms with Crippen LogP contribution >= 0.6 is 11.6 Å². The van der Waals surface area contributed by atoms with E-state index < -0.39 is 11.8 Å². The molecule has 0 spiro atoms. The molecule has 0 fully saturated rings. The van der Waals surface area contributed by atoms with Gasteiger partial charge in [-0.15, -0.1) is 0 Å². The number of carbonyl (C=O) groups is 2. The van der Waals surface area contributed by atoms with Crippen molar-refractivity contribution in [1.29, 1.82) is 0 Å². The Bertz CT molecular complexity index is 1120. The summed E-state index contributed by atoms with van der Waals surface area (Å²) in [6.07, 6.45) is 0. The van der Waals surface area contributed by atoms with Crippen molar-refractivity contribution in [3.8, 4) is 17.2 Å². The normalized spacial score (nSPS) is 10.2. The fourth-order valence-corrected chi connectivity index (χ4v) is 3.16. The number of carbonyl (C=O) groups excluding carboxylic acids is 2. The molecule has 2 N–H and O–H groups in total. The lowest BCUT2D eigenvalue weighted by Crippen LogP contribution is -2.18. The third-order valence-electron chi connectivity index (χ3n) is 4.48. The van der Waals surface area contributed by atoms with Crippen LogP contribution in [0.25, 0.3) is 0 Å². The van der Waals surface area contributed by atoms with E-state index in [9.17, 15) is 9.59 Å². The van der Waals surface area contributed by atoms with Gasteiger partial charge in [0.2, 0.25) is 0 Å². The van der Waals surface area contributed by atoms with Crippen molar-refractivity contribution in [2.45, 2.75) is 0 Å². The maximum absolute atomic E-state index is 12.8. The Balaban J connectivity index is 1.81. The second-order valence-electron chi connectivity index (χ2n) is 6.37. The molecule has 31 heavy (non-hydrogen) atoms. The lowest BCUT2D eigenvalue weighted by Gasteiger charge is -2.13. The number of nitrogens with one attached hydrogen (secondary N) is 2. The summed E-state index contributed by atoms with van der Waals surface area (Å²) < 4.78 is 15.6. The fourth-order valence-electron chi connectivity index (χ4n) is 2.90. The third kappa shape index (κ3) is 5.07. The molecule has 0 aliphatic carbocycles. The molecule has 0 aliphatic rings. The molecule has 0 radical (unpaired) electrons. The number of rotatable bonds is 7. The first-order valence-corrected chi connectivity index (χ1v) is 9.62. The molecular formula is C23H21ClN2O5. The number of hydrogen-bond donors (Lipinski definition) is 2. The van der Waals surface area contributed by atoms with E-state index in [1.165, 1.54) is 21.3 Å². The average Bonchev–Trinajstić information content (AvgIpc) is 2.79. The SMILES string of the molecule is COc1ccc(NC(=O)c2ccccc2NC(=O)c2ccc(OC)c(OC)c2)cc1Cl. The van der Waals surface area contributed by atoms with E-state index in [4.69, 9.17) is 25.8 Å². The molecule has 3 aromatic carbocycles. The summed E-state index contributed by atoms with van der Waals surface area (Å²) in [5.41, 5.74) is 1.51. The van der Waals surface area contributed by atoms with Crippen LogP contribution in [0.1, 0.15) is 20.7 Å². The van der Waals surface area contributed by atoms with Gasteiger partial charge in [-0.1, -0.05) is 23.7 Å². The predicted octanol–water partition coefficient (Wildman–Crippen LogP) is 4.87. The fraction of sp³-hybridized carbons (Fsp3) is 0.130. The molecule has 0 unspecified atom stereocenters. The number of amides is 2. The number of para-hydroxylation sites is 1. The van der Waals surface area contributed by atoms with Crippen molar-refractivity contribution in [1.82, 2.24) is 0 Å². The number of methoxy groups -OCH3 is 3. The first-order chi connectivity index (χ1) is 15.0. The van der Waals surface area contributed by atoms with Gasteiger partial charge < -0.3 is 24.8 Å². The highest BCUT2D eigenvalue weighted by molar-refractivity contribution is 6.32. The lowest BCUT2D eigenvalue weighted by molar-refractivity contribution is 0.102. The van der Waals surface area contributed by atoms with E-state index in [-0.39, 0.29) is 0 Å². The summed E-state index contributed by atoms with van der Waals surface area (Å²) >= 11 is 6.12. The van der Waals surface area contributed by atoms with Gasteiger partial charge in [-0.2, -0.15) is 0 Å². The maximum atomic E-state index is 12.8. The Morgan fingerprint density at radius 2 is 1.42 bits per heavy atom. The number of anilines is 2. The first-order valence-electron chi connectivity index (χ1n) is 9.24. The number of hydrogen-bond acceptors (Lipinski definition) is 5. The minimum atomic E-state index is -0.399. The molecule has 3 aromatic rings. The van der Waals surface area contributed by atoms with E-state index in [2.05, 4.69) is 10.6 Å². The Hall–Kier alpha value is -3.71. The largest absolute Gasteiger partial charge is 0.495 e. The van der Waals surface area contributed by atoms with Crippen LogP contribution in [0.5, 0.6) is 17.2 Å². The monoisotopic (exact) mass is 440 g/mol. The second kappa shape index (κ2) is 9.86. The zero-order chi connectivity index (χ0) is 22.4. The summed E-state index contributed by atoms with van der Waals surface area (Å²) in [5, 5.41) is 5.91. The van der Waals surface area contributed by atoms with Gasteiger partial charge in [0.1, 0.15) is 5.75 Å². The van der Waals surface area contributed by atoms with Gasteiger partial charge in [-0.05, 0) is 48.5 Å². The molecule has 7 nitrogen and oxygen atoms in total. The van der Waals surface area contributed by atoms with Crippen LogP contribution in [0, 0.1) is 0 Å². The lowest BCUT2D eigenvalue weighted by atomic mass is 10.1. The van der Waals surface area contributed by atoms with Crippen molar-refractivity contribution in [2.75, 3.05) is 32.0 Å². The minimum absolute atomic E-state index is 0.295. The van der Waals surface area contributed by atoms with E-state index in [0.29, 0.717) is 44.8 Å². The molecule has 0 aromatic heterocycles. The first kappa shape index (κ1) is 22.0. The zero-order valence-electron chi connectivity index (χ0n) is 17.2. The molecule has 0 saturated heterocycles. The Kier molecular flexibility index (Phi) is 6.99. The quantitative estimate of drug-likeness (QED) is 0.547. The van der Waals surface area contributed by atoms with Gasteiger partial charge in [0.25, 0.3) is 11.8 Å². The minimum Gasteiger partial charge on any atom is -0.495 e. The van der Waals surface area contributed by atoms with Crippen LogP contribution < -0.4 is 24.8 Å². The summed E-state index contributed by atoms with van der Waals surface area (Å²) in [6, 6.07) is 16.4. The van der Waals surface area contributed by atoms with Crippen LogP contribution in [-0.4, -0.2) is 33.1 Å². The van der Waals surface area contributed by atoms with Crippen molar-refractivity contribution in [3.63, 3.8) is 0 Å². The van der Waals surface area contributed by atoms with Crippen LogP contribution in [-0.2, 0) is 0 Å². The summed E-state index contributed by atoms with van der Waals surface area (Å²) in [7, 11) is 4.52. The Morgan fingerprint density at radius 1 is 0.742 bits per heavy atom. The topological polar surface area (TPSA) is 85.9 Å². The van der Waals surface area contributed by atoms with E-state index in [1.54, 1.807) is 60.7 Å². The van der Waals surface area contributed by atoms with E-state index in [0.717, 1.165) is 0 Å². The van der Waals surface area contributed by atoms with E-state index >= 15 is 0 Å². The predicted molar refractivity (Wildman–Crippen MR) is 120 cm³/mol. The smallest absolute Gasteiger partial charge is 0.257 e. The standard InChI is InChI=1S/C23H21ClN2O5/c1-29-19-11-9-15(13-17(19)24)25-23(28)16-6-4-5-7-18(16)26-22(27)14-8-10-20(30-2)21(12-14)31-3/h4-13H,1-3H3,(H,25,28)(H,26,27). The van der Waals surface area contributed by atoms with Gasteiger partial charge in [0, 0.05) is 11.3 Å². The van der Waals surface area contributed by atoms with Gasteiger partial charge in [-0.3, -0.25) is 9.59 Å². The van der Waals surface area contributed by atoms with Crippen LogP contribution in [0.3, 0.4) is 0 Å². The molecule has 0 saturated carbocycles.